The molecular formula is C9H9N2O2+. The first-order valence-corrected chi connectivity index (χ1v) is 3.77. The summed E-state index contributed by atoms with van der Waals surface area (Å²) in [5, 5.41) is 8.58. The van der Waals surface area contributed by atoms with Crippen molar-refractivity contribution in [2.45, 2.75) is 6.42 Å². The van der Waals surface area contributed by atoms with Gasteiger partial charge in [-0.05, 0) is 0 Å². The maximum atomic E-state index is 10.9. The Hall–Kier alpha value is -1.89. The average Bonchev–Trinajstić information content (AvgIpc) is 2.18. The van der Waals surface area contributed by atoms with Crippen LogP contribution in [0.5, 0.6) is 0 Å². The van der Waals surface area contributed by atoms with Crippen LogP contribution < -0.4 is 0 Å². The molecule has 0 N–H and O–H groups in total. The van der Waals surface area contributed by atoms with Crippen LogP contribution in [-0.2, 0) is 16.0 Å². The fourth-order valence-electron chi connectivity index (χ4n) is 0.986. The van der Waals surface area contributed by atoms with E-state index in [1.165, 1.54) is 7.11 Å². The Balaban J connectivity index is 2.89. The zero-order chi connectivity index (χ0) is 9.68. The molecule has 13 heavy (non-hydrogen) atoms. The molecular weight excluding hydrogens is 168 g/mol. The van der Waals surface area contributed by atoms with Crippen LogP contribution in [0.25, 0.3) is 4.98 Å². The molecule has 0 atom stereocenters. The van der Waals surface area contributed by atoms with Crippen LogP contribution in [0.3, 0.4) is 0 Å². The SMILES string of the molecule is COC(=O)Cc1ccccc1[N+]#N. The van der Waals surface area contributed by atoms with Gasteiger partial charge in [0.1, 0.15) is 0 Å². The van der Waals surface area contributed by atoms with E-state index in [0.717, 1.165) is 0 Å². The molecule has 0 radical (unpaired) electrons. The van der Waals surface area contributed by atoms with Crippen molar-refractivity contribution in [2.24, 2.45) is 0 Å². The van der Waals surface area contributed by atoms with Gasteiger partial charge in [0.05, 0.1) is 19.1 Å². The summed E-state index contributed by atoms with van der Waals surface area (Å²) in [5.41, 5.74) is 1.05. The molecule has 1 aromatic rings. The van der Waals surface area contributed by atoms with Gasteiger partial charge in [-0.25, -0.2) is 0 Å². The first-order valence-electron chi connectivity index (χ1n) is 3.77. The van der Waals surface area contributed by atoms with Crippen LogP contribution in [-0.4, -0.2) is 13.1 Å². The van der Waals surface area contributed by atoms with E-state index in [1.807, 2.05) is 0 Å². The van der Waals surface area contributed by atoms with Crippen LogP contribution in [0.4, 0.5) is 5.69 Å². The second-order valence-electron chi connectivity index (χ2n) is 2.48. The van der Waals surface area contributed by atoms with Crippen molar-refractivity contribution in [1.82, 2.24) is 0 Å². The van der Waals surface area contributed by atoms with E-state index in [1.54, 1.807) is 24.3 Å². The third kappa shape index (κ3) is 2.27. The fourth-order valence-corrected chi connectivity index (χ4v) is 0.986. The Bertz CT molecular complexity index is 355. The van der Waals surface area contributed by atoms with Crippen LogP contribution in [0.2, 0.25) is 0 Å². The van der Waals surface area contributed by atoms with Gasteiger partial charge in [-0.15, -0.1) is 0 Å². The first kappa shape index (κ1) is 9.20. The second kappa shape index (κ2) is 4.21. The predicted octanol–water partition coefficient (Wildman–Crippen LogP) is 1.89. The van der Waals surface area contributed by atoms with Gasteiger partial charge in [-0.1, -0.05) is 18.2 Å². The van der Waals surface area contributed by atoms with Gasteiger partial charge in [-0.3, -0.25) is 4.79 Å². The topological polar surface area (TPSA) is 54.5 Å². The minimum absolute atomic E-state index is 0.122. The van der Waals surface area contributed by atoms with E-state index >= 15 is 0 Å². The number of ether oxygens (including phenoxy) is 1. The lowest BCUT2D eigenvalue weighted by molar-refractivity contribution is -0.139. The van der Waals surface area contributed by atoms with Gasteiger partial charge in [0.25, 0.3) is 0 Å². The summed E-state index contributed by atoms with van der Waals surface area (Å²) in [4.78, 5) is 14.0. The van der Waals surface area contributed by atoms with Gasteiger partial charge in [0, 0.05) is 6.07 Å². The number of rotatable bonds is 2. The van der Waals surface area contributed by atoms with Crippen LogP contribution >= 0.6 is 0 Å². The molecule has 4 nitrogen and oxygen atoms in total. The van der Waals surface area contributed by atoms with E-state index in [9.17, 15) is 4.79 Å². The molecule has 0 heterocycles. The number of methoxy groups -OCH3 is 1. The van der Waals surface area contributed by atoms with Crippen molar-refractivity contribution < 1.29 is 9.53 Å². The summed E-state index contributed by atoms with van der Waals surface area (Å²) in [5.74, 6) is -0.351. The quantitative estimate of drug-likeness (QED) is 0.512. The maximum Gasteiger partial charge on any atom is 0.388 e. The van der Waals surface area contributed by atoms with Gasteiger partial charge in [0.2, 0.25) is 5.39 Å². The van der Waals surface area contributed by atoms with Crippen molar-refractivity contribution >= 4 is 11.7 Å². The largest absolute Gasteiger partial charge is 0.469 e. The highest BCUT2D eigenvalue weighted by molar-refractivity contribution is 5.75. The number of esters is 1. The maximum absolute atomic E-state index is 10.9. The fraction of sp³-hybridized carbons (Fsp3) is 0.222. The molecule has 0 amide bonds. The summed E-state index contributed by atoms with van der Waals surface area (Å²) in [6, 6.07) is 6.84. The van der Waals surface area contributed by atoms with Gasteiger partial charge >= 0.3 is 11.7 Å². The minimum Gasteiger partial charge on any atom is -0.469 e. The number of benzene rings is 1. The highest BCUT2D eigenvalue weighted by Crippen LogP contribution is 2.18. The summed E-state index contributed by atoms with van der Waals surface area (Å²) in [7, 11) is 1.32. The molecule has 0 aromatic heterocycles. The van der Waals surface area contributed by atoms with Crippen LogP contribution in [0.1, 0.15) is 5.56 Å². The average molecular weight is 177 g/mol. The number of hydrogen-bond donors (Lipinski definition) is 0. The minimum atomic E-state index is -0.351. The molecule has 0 saturated heterocycles. The standard InChI is InChI=1S/C9H9N2O2/c1-13-9(12)6-7-4-2-3-5-8(7)11-10/h2-5H,6H2,1H3/q+1. The smallest absolute Gasteiger partial charge is 0.388 e. The lowest BCUT2D eigenvalue weighted by Gasteiger charge is -1.95. The number of nitrogens with zero attached hydrogens (tertiary/aromatic N) is 2. The molecule has 1 rings (SSSR count). The molecule has 0 unspecified atom stereocenters. The van der Waals surface area contributed by atoms with E-state index in [-0.39, 0.29) is 12.4 Å². The van der Waals surface area contributed by atoms with E-state index in [0.29, 0.717) is 11.3 Å². The third-order valence-electron chi connectivity index (χ3n) is 1.66. The monoisotopic (exact) mass is 177 g/mol. The zero-order valence-electron chi connectivity index (χ0n) is 7.23. The predicted molar refractivity (Wildman–Crippen MR) is 46.9 cm³/mol. The molecule has 0 spiro atoms. The van der Waals surface area contributed by atoms with Crippen LogP contribution in [0.15, 0.2) is 24.3 Å². The molecule has 0 saturated carbocycles. The lowest BCUT2D eigenvalue weighted by Crippen LogP contribution is -2.04. The molecule has 4 heteroatoms. The molecule has 0 aliphatic rings. The number of hydrogen-bond acceptors (Lipinski definition) is 3. The Kier molecular flexibility index (Phi) is 2.98. The summed E-state index contributed by atoms with van der Waals surface area (Å²) in [6.07, 6.45) is 0.122. The van der Waals surface area contributed by atoms with Crippen molar-refractivity contribution in [3.05, 3.63) is 34.8 Å². The van der Waals surface area contributed by atoms with Gasteiger partial charge < -0.3 is 4.74 Å². The zero-order valence-corrected chi connectivity index (χ0v) is 7.23. The normalized spacial score (nSPS) is 8.92. The summed E-state index contributed by atoms with van der Waals surface area (Å²) >= 11 is 0. The van der Waals surface area contributed by atoms with E-state index in [4.69, 9.17) is 5.39 Å². The molecule has 0 aliphatic heterocycles. The molecule has 66 valence electrons. The molecule has 1 aromatic carbocycles. The second-order valence-corrected chi connectivity index (χ2v) is 2.48. The number of diazo groups is 1. The van der Waals surface area contributed by atoms with Crippen LogP contribution in [0, 0.1) is 5.39 Å². The Labute approximate surface area is 75.8 Å². The van der Waals surface area contributed by atoms with Crippen molar-refractivity contribution in [3.8, 4) is 0 Å². The lowest BCUT2D eigenvalue weighted by atomic mass is 10.1. The highest BCUT2D eigenvalue weighted by atomic mass is 16.5. The Morgan fingerprint density at radius 2 is 2.23 bits per heavy atom. The van der Waals surface area contributed by atoms with E-state index < -0.39 is 0 Å². The summed E-state index contributed by atoms with van der Waals surface area (Å²) in [6.45, 7) is 0. The van der Waals surface area contributed by atoms with E-state index in [2.05, 4.69) is 9.71 Å². The Morgan fingerprint density at radius 3 is 2.85 bits per heavy atom. The molecule has 0 fully saturated rings. The number of carbonyl (C=O) groups is 1. The number of carbonyl (C=O) groups excluding carboxylic acids is 1. The van der Waals surface area contributed by atoms with Crippen molar-refractivity contribution in [3.63, 3.8) is 0 Å². The van der Waals surface area contributed by atoms with Gasteiger partial charge in [-0.2, -0.15) is 0 Å². The van der Waals surface area contributed by atoms with Crippen molar-refractivity contribution in [1.29, 1.82) is 5.39 Å². The first-order chi connectivity index (χ1) is 6.27. The summed E-state index contributed by atoms with van der Waals surface area (Å²) < 4.78 is 4.49. The third-order valence-corrected chi connectivity index (χ3v) is 1.66. The Morgan fingerprint density at radius 1 is 1.54 bits per heavy atom. The van der Waals surface area contributed by atoms with Crippen molar-refractivity contribution in [2.75, 3.05) is 7.11 Å². The molecule has 0 aliphatic carbocycles. The highest BCUT2D eigenvalue weighted by Gasteiger charge is 2.15. The van der Waals surface area contributed by atoms with Gasteiger partial charge in [0.15, 0.2) is 4.98 Å². The molecule has 0 bridgehead atoms.